The molecule has 1 aliphatic rings. The lowest BCUT2D eigenvalue weighted by atomic mass is 10.1. The highest BCUT2D eigenvalue weighted by molar-refractivity contribution is 5.19. The van der Waals surface area contributed by atoms with Crippen molar-refractivity contribution in [2.24, 2.45) is 0 Å². The fourth-order valence-electron chi connectivity index (χ4n) is 2.81. The molecule has 0 amide bonds. The van der Waals surface area contributed by atoms with E-state index >= 15 is 0 Å². The molecule has 106 valence electrons. The fourth-order valence-corrected chi connectivity index (χ4v) is 2.81. The monoisotopic (exact) mass is 262 g/mol. The van der Waals surface area contributed by atoms with E-state index in [1.165, 1.54) is 31.5 Å². The van der Waals surface area contributed by atoms with E-state index in [2.05, 4.69) is 47.5 Å². The molecule has 2 unspecified atom stereocenters. The molecule has 0 aliphatic carbocycles. The molecule has 2 rings (SSSR count). The maximum Gasteiger partial charge on any atom is 0.0613 e. The Hall–Kier alpha value is -0.900. The zero-order chi connectivity index (χ0) is 13.5. The molecule has 19 heavy (non-hydrogen) atoms. The molecule has 1 aromatic rings. The quantitative estimate of drug-likeness (QED) is 0.817. The van der Waals surface area contributed by atoms with Crippen LogP contribution in [0.4, 0.5) is 0 Å². The topological polar surface area (TPSA) is 24.5 Å². The van der Waals surface area contributed by atoms with E-state index in [4.69, 9.17) is 4.74 Å². The van der Waals surface area contributed by atoms with Crippen LogP contribution in [0, 0.1) is 0 Å². The van der Waals surface area contributed by atoms with Crippen molar-refractivity contribution in [1.29, 1.82) is 0 Å². The summed E-state index contributed by atoms with van der Waals surface area (Å²) in [4.78, 5) is 2.60. The first kappa shape index (κ1) is 14.5. The Morgan fingerprint density at radius 3 is 2.53 bits per heavy atom. The predicted octanol–water partition coefficient (Wildman–Crippen LogP) is 2.45. The first-order chi connectivity index (χ1) is 9.31. The number of likely N-dealkylation sites (tertiary alicyclic amines) is 1. The van der Waals surface area contributed by atoms with Crippen LogP contribution in [0.3, 0.4) is 0 Å². The van der Waals surface area contributed by atoms with E-state index in [1.807, 2.05) is 0 Å². The number of methoxy groups -OCH3 is 1. The smallest absolute Gasteiger partial charge is 0.0613 e. The van der Waals surface area contributed by atoms with Gasteiger partial charge in [0.2, 0.25) is 0 Å². The minimum absolute atomic E-state index is 0.402. The van der Waals surface area contributed by atoms with E-state index in [0.717, 1.165) is 13.2 Å². The highest BCUT2D eigenvalue weighted by Gasteiger charge is 2.23. The second-order valence-corrected chi connectivity index (χ2v) is 5.43. The van der Waals surface area contributed by atoms with Crippen molar-refractivity contribution >= 4 is 0 Å². The van der Waals surface area contributed by atoms with Crippen LogP contribution in [0.25, 0.3) is 0 Å². The van der Waals surface area contributed by atoms with Crippen molar-refractivity contribution in [2.45, 2.75) is 31.8 Å². The van der Waals surface area contributed by atoms with Gasteiger partial charge in [-0.15, -0.1) is 0 Å². The summed E-state index contributed by atoms with van der Waals surface area (Å²) in [5.41, 5.74) is 1.42. The van der Waals surface area contributed by atoms with Crippen LogP contribution < -0.4 is 5.32 Å². The zero-order valence-electron chi connectivity index (χ0n) is 12.1. The third-order valence-corrected chi connectivity index (χ3v) is 3.84. The molecule has 0 aromatic heterocycles. The van der Waals surface area contributed by atoms with Gasteiger partial charge in [0.1, 0.15) is 0 Å². The minimum atomic E-state index is 0.402. The van der Waals surface area contributed by atoms with Gasteiger partial charge in [-0.1, -0.05) is 30.3 Å². The van der Waals surface area contributed by atoms with E-state index in [-0.39, 0.29) is 0 Å². The normalized spacial score (nSPS) is 19.5. The molecule has 0 bridgehead atoms. The summed E-state index contributed by atoms with van der Waals surface area (Å²) in [6.07, 6.45) is 2.66. The maximum absolute atomic E-state index is 5.19. The molecule has 1 heterocycles. The van der Waals surface area contributed by atoms with Gasteiger partial charge < -0.3 is 10.1 Å². The molecular weight excluding hydrogens is 236 g/mol. The minimum Gasteiger partial charge on any atom is -0.383 e. The lowest BCUT2D eigenvalue weighted by molar-refractivity contribution is 0.162. The average molecular weight is 262 g/mol. The Bertz CT molecular complexity index is 349. The maximum atomic E-state index is 5.19. The Labute approximate surface area is 116 Å². The predicted molar refractivity (Wildman–Crippen MR) is 79.3 cm³/mol. The van der Waals surface area contributed by atoms with Crippen LogP contribution in [-0.2, 0) is 4.74 Å². The molecule has 0 radical (unpaired) electrons. The van der Waals surface area contributed by atoms with Crippen molar-refractivity contribution < 1.29 is 4.74 Å². The number of nitrogens with zero attached hydrogens (tertiary/aromatic N) is 1. The molecule has 3 heteroatoms. The summed E-state index contributed by atoms with van der Waals surface area (Å²) in [6.45, 7) is 6.38. The lowest BCUT2D eigenvalue weighted by Gasteiger charge is -2.29. The number of rotatable bonds is 7. The van der Waals surface area contributed by atoms with Gasteiger partial charge in [-0.2, -0.15) is 0 Å². The molecule has 1 fully saturated rings. The number of nitrogens with one attached hydrogen (secondary N) is 1. The highest BCUT2D eigenvalue weighted by atomic mass is 16.5. The molecule has 1 saturated heterocycles. The summed E-state index contributed by atoms with van der Waals surface area (Å²) >= 11 is 0. The Kier molecular flexibility index (Phi) is 5.83. The Morgan fingerprint density at radius 1 is 1.21 bits per heavy atom. The summed E-state index contributed by atoms with van der Waals surface area (Å²) in [5.74, 6) is 0. The van der Waals surface area contributed by atoms with Crippen molar-refractivity contribution in [1.82, 2.24) is 10.2 Å². The van der Waals surface area contributed by atoms with Crippen molar-refractivity contribution in [3.05, 3.63) is 35.9 Å². The molecule has 2 atom stereocenters. The zero-order valence-corrected chi connectivity index (χ0v) is 12.1. The van der Waals surface area contributed by atoms with Gasteiger partial charge in [-0.05, 0) is 38.4 Å². The van der Waals surface area contributed by atoms with Crippen LogP contribution in [-0.4, -0.2) is 44.3 Å². The molecule has 3 nitrogen and oxygen atoms in total. The second-order valence-electron chi connectivity index (χ2n) is 5.43. The number of hydrogen-bond acceptors (Lipinski definition) is 3. The van der Waals surface area contributed by atoms with E-state index < -0.39 is 0 Å². The van der Waals surface area contributed by atoms with Crippen LogP contribution in [0.1, 0.15) is 31.4 Å². The molecular formula is C16H26N2O. The van der Waals surface area contributed by atoms with E-state index in [0.29, 0.717) is 12.1 Å². The highest BCUT2D eigenvalue weighted by Crippen LogP contribution is 2.24. The van der Waals surface area contributed by atoms with E-state index in [1.54, 1.807) is 7.11 Å². The van der Waals surface area contributed by atoms with Crippen molar-refractivity contribution in [3.8, 4) is 0 Å². The van der Waals surface area contributed by atoms with Crippen molar-refractivity contribution in [3.63, 3.8) is 0 Å². The van der Waals surface area contributed by atoms with Crippen molar-refractivity contribution in [2.75, 3.05) is 33.4 Å². The third kappa shape index (κ3) is 4.30. The molecule has 1 aliphatic heterocycles. The number of hydrogen-bond donors (Lipinski definition) is 1. The second kappa shape index (κ2) is 7.63. The molecule has 1 aromatic carbocycles. The summed E-state index contributed by atoms with van der Waals surface area (Å²) in [6, 6.07) is 11.7. The number of ether oxygens (including phenoxy) is 1. The van der Waals surface area contributed by atoms with Gasteiger partial charge in [-0.25, -0.2) is 0 Å². The van der Waals surface area contributed by atoms with Gasteiger partial charge >= 0.3 is 0 Å². The van der Waals surface area contributed by atoms with Gasteiger partial charge in [0.15, 0.2) is 0 Å². The summed E-state index contributed by atoms with van der Waals surface area (Å²) < 4.78 is 5.19. The summed E-state index contributed by atoms with van der Waals surface area (Å²) in [7, 11) is 1.76. The van der Waals surface area contributed by atoms with Gasteiger partial charge in [0, 0.05) is 25.7 Å². The Balaban J connectivity index is 1.98. The van der Waals surface area contributed by atoms with Gasteiger partial charge in [0.05, 0.1) is 6.61 Å². The number of benzene rings is 1. The lowest BCUT2D eigenvalue weighted by Crippen LogP contribution is -2.39. The fraction of sp³-hybridized carbons (Fsp3) is 0.625. The van der Waals surface area contributed by atoms with Gasteiger partial charge in [-0.3, -0.25) is 4.90 Å². The van der Waals surface area contributed by atoms with E-state index in [9.17, 15) is 0 Å². The largest absolute Gasteiger partial charge is 0.383 e. The molecule has 1 N–H and O–H groups in total. The van der Waals surface area contributed by atoms with Crippen LogP contribution in [0.15, 0.2) is 30.3 Å². The first-order valence-corrected chi connectivity index (χ1v) is 7.32. The molecule has 0 spiro atoms. The van der Waals surface area contributed by atoms with Crippen LogP contribution >= 0.6 is 0 Å². The van der Waals surface area contributed by atoms with Crippen LogP contribution in [0.5, 0.6) is 0 Å². The summed E-state index contributed by atoms with van der Waals surface area (Å²) in [5, 5.41) is 3.59. The van der Waals surface area contributed by atoms with Gasteiger partial charge in [0.25, 0.3) is 0 Å². The first-order valence-electron chi connectivity index (χ1n) is 7.32. The molecule has 0 saturated carbocycles. The average Bonchev–Trinajstić information content (AvgIpc) is 2.94. The third-order valence-electron chi connectivity index (χ3n) is 3.84. The SMILES string of the molecule is COCC(C)NCC(c1ccccc1)N1CCCC1. The standard InChI is InChI=1S/C16H26N2O/c1-14(13-19-2)17-12-16(18-10-6-7-11-18)15-8-4-3-5-9-15/h3-5,8-9,14,16-17H,6-7,10-13H2,1-2H3. The van der Waals surface area contributed by atoms with Crippen LogP contribution in [0.2, 0.25) is 0 Å². The Morgan fingerprint density at radius 2 is 1.89 bits per heavy atom.